The summed E-state index contributed by atoms with van der Waals surface area (Å²) in [6.07, 6.45) is 9.02. The first-order valence-corrected chi connectivity index (χ1v) is 9.14. The number of rotatable bonds is 6. The first-order chi connectivity index (χ1) is 14.2. The molecule has 2 N–H and O–H groups in total. The molecule has 0 amide bonds. The Bertz CT molecular complexity index is 1300. The highest BCUT2D eigenvalue weighted by atomic mass is 16.3. The van der Waals surface area contributed by atoms with Crippen LogP contribution in [-0.4, -0.2) is 56.0 Å². The van der Waals surface area contributed by atoms with Gasteiger partial charge in [-0.25, -0.2) is 14.6 Å². The van der Waals surface area contributed by atoms with E-state index in [1.807, 2.05) is 41.2 Å². The van der Waals surface area contributed by atoms with Crippen molar-refractivity contribution in [2.75, 3.05) is 6.61 Å². The fourth-order valence-corrected chi connectivity index (χ4v) is 3.33. The highest BCUT2D eigenvalue weighted by Gasteiger charge is 2.12. The number of fused-ring (bicyclic) bond motifs is 2. The van der Waals surface area contributed by atoms with Crippen LogP contribution in [0.1, 0.15) is 11.1 Å². The average molecular weight is 390 g/mol. The zero-order chi connectivity index (χ0) is 19.8. The Morgan fingerprint density at radius 2 is 1.97 bits per heavy atom. The molecular weight excluding hydrogens is 372 g/mol. The third kappa shape index (κ3) is 3.13. The Morgan fingerprint density at radius 1 is 1.07 bits per heavy atom. The van der Waals surface area contributed by atoms with Gasteiger partial charge in [0.2, 0.25) is 5.65 Å². The van der Waals surface area contributed by atoms with Crippen molar-refractivity contribution in [2.24, 2.45) is 0 Å². The summed E-state index contributed by atoms with van der Waals surface area (Å²) in [4.78, 5) is 9.04. The van der Waals surface area contributed by atoms with Gasteiger partial charge in [0.25, 0.3) is 0 Å². The standard InChI is InChI=1S/C19H18N8O2/c28-6-5-26-11-15(8-21-26)16-9-20-18-19(22-16)27(24-23-18)10-13-1-3-25-4-2-14(12-29)17(25)7-13/h1-4,7-9,11,28-29H,5-6,10,12H2. The van der Waals surface area contributed by atoms with Crippen molar-refractivity contribution in [1.29, 1.82) is 0 Å². The summed E-state index contributed by atoms with van der Waals surface area (Å²) < 4.78 is 5.33. The molecule has 0 unspecified atom stereocenters. The van der Waals surface area contributed by atoms with E-state index in [2.05, 4.69) is 25.4 Å². The van der Waals surface area contributed by atoms with Crippen LogP contribution in [0.5, 0.6) is 0 Å². The fraction of sp³-hybridized carbons (Fsp3) is 0.211. The van der Waals surface area contributed by atoms with E-state index in [0.717, 1.165) is 22.2 Å². The van der Waals surface area contributed by atoms with Crippen molar-refractivity contribution < 1.29 is 10.2 Å². The molecule has 0 aliphatic rings. The Morgan fingerprint density at radius 3 is 2.83 bits per heavy atom. The van der Waals surface area contributed by atoms with E-state index in [1.165, 1.54) is 0 Å². The molecule has 0 fully saturated rings. The first-order valence-electron chi connectivity index (χ1n) is 9.14. The van der Waals surface area contributed by atoms with Crippen molar-refractivity contribution in [3.05, 3.63) is 60.3 Å². The summed E-state index contributed by atoms with van der Waals surface area (Å²) in [6, 6.07) is 5.92. The van der Waals surface area contributed by atoms with Gasteiger partial charge in [0, 0.05) is 29.7 Å². The van der Waals surface area contributed by atoms with E-state index in [9.17, 15) is 5.11 Å². The third-order valence-corrected chi connectivity index (χ3v) is 4.80. The van der Waals surface area contributed by atoms with E-state index >= 15 is 0 Å². The van der Waals surface area contributed by atoms with Gasteiger partial charge in [-0.3, -0.25) is 4.68 Å². The number of nitrogens with zero attached hydrogens (tertiary/aromatic N) is 8. The molecule has 0 saturated carbocycles. The van der Waals surface area contributed by atoms with Crippen molar-refractivity contribution in [1.82, 2.24) is 39.1 Å². The molecule has 29 heavy (non-hydrogen) atoms. The fourth-order valence-electron chi connectivity index (χ4n) is 3.33. The smallest absolute Gasteiger partial charge is 0.221 e. The summed E-state index contributed by atoms with van der Waals surface area (Å²) in [5.74, 6) is 0. The van der Waals surface area contributed by atoms with Crippen LogP contribution in [0.2, 0.25) is 0 Å². The lowest BCUT2D eigenvalue weighted by Gasteiger charge is -2.05. The molecule has 0 radical (unpaired) electrons. The monoisotopic (exact) mass is 390 g/mol. The molecule has 10 nitrogen and oxygen atoms in total. The van der Waals surface area contributed by atoms with E-state index in [0.29, 0.717) is 30.1 Å². The van der Waals surface area contributed by atoms with Crippen LogP contribution >= 0.6 is 0 Å². The molecule has 5 aromatic heterocycles. The minimum Gasteiger partial charge on any atom is -0.394 e. The largest absolute Gasteiger partial charge is 0.394 e. The van der Waals surface area contributed by atoms with E-state index in [4.69, 9.17) is 5.11 Å². The zero-order valence-corrected chi connectivity index (χ0v) is 15.4. The summed E-state index contributed by atoms with van der Waals surface area (Å²) in [5, 5.41) is 31.1. The van der Waals surface area contributed by atoms with Crippen LogP contribution in [-0.2, 0) is 19.7 Å². The summed E-state index contributed by atoms with van der Waals surface area (Å²) in [7, 11) is 0. The third-order valence-electron chi connectivity index (χ3n) is 4.80. The summed E-state index contributed by atoms with van der Waals surface area (Å²) in [6.45, 7) is 0.912. The van der Waals surface area contributed by atoms with Gasteiger partial charge in [-0.05, 0) is 23.8 Å². The minimum absolute atomic E-state index is 0.00892. The molecule has 0 aromatic carbocycles. The number of aliphatic hydroxyl groups is 2. The van der Waals surface area contributed by atoms with Gasteiger partial charge in [0.05, 0.1) is 49.9 Å². The van der Waals surface area contributed by atoms with Crippen LogP contribution in [0.4, 0.5) is 0 Å². The van der Waals surface area contributed by atoms with Crippen molar-refractivity contribution in [3.63, 3.8) is 0 Å². The number of hydrogen-bond acceptors (Lipinski definition) is 7. The molecule has 5 rings (SSSR count). The Hall–Kier alpha value is -3.63. The molecule has 5 aromatic rings. The second-order valence-corrected chi connectivity index (χ2v) is 6.69. The Labute approximate surface area is 164 Å². The number of pyridine rings is 1. The molecule has 0 atom stereocenters. The SMILES string of the molecule is OCCn1cc(-c2cnc3nnn(Cc4ccn5ccc(CO)c5c4)c3n2)cn1. The molecule has 0 spiro atoms. The van der Waals surface area contributed by atoms with Crippen LogP contribution in [0.3, 0.4) is 0 Å². The van der Waals surface area contributed by atoms with Gasteiger partial charge in [0.15, 0.2) is 5.65 Å². The quantitative estimate of drug-likeness (QED) is 0.441. The second-order valence-electron chi connectivity index (χ2n) is 6.69. The maximum absolute atomic E-state index is 9.51. The highest BCUT2D eigenvalue weighted by molar-refractivity contribution is 5.69. The number of hydrogen-bond donors (Lipinski definition) is 2. The topological polar surface area (TPSA) is 119 Å². The zero-order valence-electron chi connectivity index (χ0n) is 15.4. The van der Waals surface area contributed by atoms with Gasteiger partial charge in [-0.15, -0.1) is 5.10 Å². The maximum Gasteiger partial charge on any atom is 0.221 e. The lowest BCUT2D eigenvalue weighted by molar-refractivity contribution is 0.269. The number of aromatic nitrogens is 8. The van der Waals surface area contributed by atoms with Gasteiger partial charge in [0.1, 0.15) is 0 Å². The molecule has 5 heterocycles. The Kier molecular flexibility index (Phi) is 4.26. The highest BCUT2D eigenvalue weighted by Crippen LogP contribution is 2.19. The number of aliphatic hydroxyl groups excluding tert-OH is 2. The van der Waals surface area contributed by atoms with Gasteiger partial charge in [-0.2, -0.15) is 5.10 Å². The first kappa shape index (κ1) is 17.5. The summed E-state index contributed by atoms with van der Waals surface area (Å²) in [5.41, 5.74) is 5.36. The van der Waals surface area contributed by atoms with Crippen molar-refractivity contribution in [3.8, 4) is 11.3 Å². The summed E-state index contributed by atoms with van der Waals surface area (Å²) >= 11 is 0. The molecule has 0 bridgehead atoms. The van der Waals surface area contributed by atoms with Crippen LogP contribution in [0, 0.1) is 0 Å². The lowest BCUT2D eigenvalue weighted by Crippen LogP contribution is -2.04. The molecule has 10 heteroatoms. The van der Waals surface area contributed by atoms with E-state index in [1.54, 1.807) is 21.8 Å². The maximum atomic E-state index is 9.51. The molecule has 0 saturated heterocycles. The van der Waals surface area contributed by atoms with Crippen molar-refractivity contribution >= 4 is 16.8 Å². The van der Waals surface area contributed by atoms with E-state index < -0.39 is 0 Å². The average Bonchev–Trinajstić information content (AvgIpc) is 3.46. The second kappa shape index (κ2) is 7.08. The molecular formula is C19H18N8O2. The molecule has 0 aliphatic heterocycles. The lowest BCUT2D eigenvalue weighted by atomic mass is 10.2. The molecule has 146 valence electrons. The predicted molar refractivity (Wildman–Crippen MR) is 104 cm³/mol. The van der Waals surface area contributed by atoms with Gasteiger partial charge < -0.3 is 14.6 Å². The molecule has 0 aliphatic carbocycles. The van der Waals surface area contributed by atoms with Crippen LogP contribution in [0.15, 0.2) is 49.2 Å². The Balaban J connectivity index is 1.50. The van der Waals surface area contributed by atoms with E-state index in [-0.39, 0.29) is 13.2 Å². The van der Waals surface area contributed by atoms with Gasteiger partial charge >= 0.3 is 0 Å². The predicted octanol–water partition coefficient (Wildman–Crippen LogP) is 0.870. The van der Waals surface area contributed by atoms with Crippen LogP contribution < -0.4 is 0 Å². The minimum atomic E-state index is -0.00892. The van der Waals surface area contributed by atoms with Crippen LogP contribution in [0.25, 0.3) is 28.1 Å². The normalized spacial score (nSPS) is 11.7. The van der Waals surface area contributed by atoms with Crippen molar-refractivity contribution in [2.45, 2.75) is 19.7 Å². The van der Waals surface area contributed by atoms with Gasteiger partial charge in [-0.1, -0.05) is 5.21 Å².